The standard InChI is InChI=1S/C17H12ClFO4S/c18-12-5-6-13(15(19)7-12)16-14(8-23-17(16)20)11-3-1-10(2-4-11)9-24(21)22/h1-7H,8-9H2,(H,21,22). The predicted octanol–water partition coefficient (Wildman–Crippen LogP) is 3.67. The van der Waals surface area contributed by atoms with Gasteiger partial charge in [-0.1, -0.05) is 35.9 Å². The molecule has 0 bridgehead atoms. The van der Waals surface area contributed by atoms with E-state index in [0.717, 1.165) is 6.07 Å². The lowest BCUT2D eigenvalue weighted by Gasteiger charge is -2.07. The van der Waals surface area contributed by atoms with Gasteiger partial charge in [-0.25, -0.2) is 13.4 Å². The number of carbonyl (C=O) groups excluding carboxylic acids is 1. The largest absolute Gasteiger partial charge is 0.457 e. The Hall–Kier alpha value is -2.02. The highest BCUT2D eigenvalue weighted by Crippen LogP contribution is 2.34. The third-order valence-electron chi connectivity index (χ3n) is 3.65. The average Bonchev–Trinajstić information content (AvgIpc) is 2.89. The van der Waals surface area contributed by atoms with Crippen molar-refractivity contribution in [3.05, 3.63) is 70.0 Å². The zero-order valence-electron chi connectivity index (χ0n) is 12.3. The molecule has 1 atom stereocenters. The Kier molecular flexibility index (Phi) is 4.80. The Labute approximate surface area is 145 Å². The summed E-state index contributed by atoms with van der Waals surface area (Å²) >= 11 is 3.83. The first kappa shape index (κ1) is 16.8. The molecule has 0 amide bonds. The molecule has 2 aromatic rings. The molecule has 0 fully saturated rings. The third kappa shape index (κ3) is 3.40. The van der Waals surface area contributed by atoms with Crippen molar-refractivity contribution in [3.8, 4) is 0 Å². The molecule has 24 heavy (non-hydrogen) atoms. The Balaban J connectivity index is 2.04. The topological polar surface area (TPSA) is 63.6 Å². The van der Waals surface area contributed by atoms with Crippen molar-refractivity contribution >= 4 is 39.8 Å². The molecule has 2 aromatic carbocycles. The zero-order chi connectivity index (χ0) is 17.3. The smallest absolute Gasteiger partial charge is 0.339 e. The predicted molar refractivity (Wildman–Crippen MR) is 90.1 cm³/mol. The number of hydrogen-bond donors (Lipinski definition) is 1. The lowest BCUT2D eigenvalue weighted by molar-refractivity contribution is -0.133. The van der Waals surface area contributed by atoms with Crippen LogP contribution in [0.5, 0.6) is 0 Å². The highest BCUT2D eigenvalue weighted by atomic mass is 35.5. The van der Waals surface area contributed by atoms with Crippen LogP contribution in [0.2, 0.25) is 5.02 Å². The summed E-state index contributed by atoms with van der Waals surface area (Å²) in [5.41, 5.74) is 2.25. The van der Waals surface area contributed by atoms with Crippen LogP contribution in [0.25, 0.3) is 11.1 Å². The van der Waals surface area contributed by atoms with Gasteiger partial charge in [0, 0.05) is 16.2 Å². The SMILES string of the molecule is O=C1OCC(c2ccc(CS(=O)O)cc2)=C1c1ccc(Cl)cc1F. The van der Waals surface area contributed by atoms with Gasteiger partial charge in [0.25, 0.3) is 0 Å². The molecular weight excluding hydrogens is 355 g/mol. The molecule has 0 saturated heterocycles. The van der Waals surface area contributed by atoms with Crippen LogP contribution in [0, 0.1) is 5.82 Å². The first-order chi connectivity index (χ1) is 11.5. The second-order valence-corrected chi connectivity index (χ2v) is 6.58. The van der Waals surface area contributed by atoms with Gasteiger partial charge < -0.3 is 9.29 Å². The quantitative estimate of drug-likeness (QED) is 0.662. The summed E-state index contributed by atoms with van der Waals surface area (Å²) in [4.78, 5) is 12.1. The van der Waals surface area contributed by atoms with Crippen LogP contribution < -0.4 is 0 Å². The summed E-state index contributed by atoms with van der Waals surface area (Å²) in [5.74, 6) is -1.17. The fraction of sp³-hybridized carbons (Fsp3) is 0.118. The summed E-state index contributed by atoms with van der Waals surface area (Å²) in [6, 6.07) is 10.9. The van der Waals surface area contributed by atoms with Crippen LogP contribution in [0.15, 0.2) is 42.5 Å². The van der Waals surface area contributed by atoms with E-state index in [0.29, 0.717) is 16.7 Å². The minimum absolute atomic E-state index is 0.0213. The molecule has 7 heteroatoms. The number of cyclic esters (lactones) is 1. The highest BCUT2D eigenvalue weighted by Gasteiger charge is 2.29. The lowest BCUT2D eigenvalue weighted by atomic mass is 9.96. The molecular formula is C17H12ClFO4S. The number of ether oxygens (including phenoxy) is 1. The van der Waals surface area contributed by atoms with Crippen LogP contribution in [-0.2, 0) is 26.4 Å². The lowest BCUT2D eigenvalue weighted by Crippen LogP contribution is -2.00. The molecule has 1 aliphatic rings. The summed E-state index contributed by atoms with van der Waals surface area (Å²) in [6.07, 6.45) is 0. The van der Waals surface area contributed by atoms with E-state index < -0.39 is 22.9 Å². The Bertz CT molecular complexity index is 861. The maximum Gasteiger partial charge on any atom is 0.339 e. The molecule has 0 aromatic heterocycles. The van der Waals surface area contributed by atoms with Crippen LogP contribution in [0.3, 0.4) is 0 Å². The van der Waals surface area contributed by atoms with Crippen molar-refractivity contribution in [2.24, 2.45) is 0 Å². The van der Waals surface area contributed by atoms with E-state index >= 15 is 0 Å². The van der Waals surface area contributed by atoms with E-state index in [4.69, 9.17) is 20.9 Å². The number of rotatable bonds is 4. The summed E-state index contributed by atoms with van der Waals surface area (Å²) in [7, 11) is 0. The van der Waals surface area contributed by atoms with E-state index in [1.165, 1.54) is 12.1 Å². The van der Waals surface area contributed by atoms with Gasteiger partial charge in [-0.05, 0) is 29.3 Å². The molecule has 1 unspecified atom stereocenters. The number of carbonyl (C=O) groups is 1. The van der Waals surface area contributed by atoms with Gasteiger partial charge >= 0.3 is 5.97 Å². The molecule has 0 radical (unpaired) electrons. The molecule has 1 N–H and O–H groups in total. The van der Waals surface area contributed by atoms with Crippen molar-refractivity contribution in [2.75, 3.05) is 6.61 Å². The van der Waals surface area contributed by atoms with E-state index in [1.54, 1.807) is 24.3 Å². The number of hydrogen-bond acceptors (Lipinski definition) is 3. The van der Waals surface area contributed by atoms with E-state index in [2.05, 4.69) is 0 Å². The molecule has 3 rings (SSSR count). The van der Waals surface area contributed by atoms with Crippen molar-refractivity contribution in [1.82, 2.24) is 0 Å². The van der Waals surface area contributed by atoms with Crippen LogP contribution in [-0.4, -0.2) is 21.3 Å². The van der Waals surface area contributed by atoms with Gasteiger partial charge in [-0.15, -0.1) is 0 Å². The first-order valence-electron chi connectivity index (χ1n) is 6.98. The van der Waals surface area contributed by atoms with Gasteiger partial charge in [0.15, 0.2) is 11.1 Å². The maximum absolute atomic E-state index is 14.2. The average molecular weight is 367 g/mol. The van der Waals surface area contributed by atoms with Gasteiger partial charge in [0.05, 0.1) is 11.3 Å². The van der Waals surface area contributed by atoms with Crippen LogP contribution in [0.4, 0.5) is 4.39 Å². The van der Waals surface area contributed by atoms with Crippen LogP contribution >= 0.6 is 11.6 Å². The maximum atomic E-state index is 14.2. The fourth-order valence-corrected chi connectivity index (χ4v) is 3.18. The van der Waals surface area contributed by atoms with Gasteiger partial charge in [0.2, 0.25) is 0 Å². The molecule has 4 nitrogen and oxygen atoms in total. The fourth-order valence-electron chi connectivity index (χ4n) is 2.54. The number of benzene rings is 2. The van der Waals surface area contributed by atoms with Gasteiger partial charge in [-0.3, -0.25) is 0 Å². The van der Waals surface area contributed by atoms with Crippen molar-refractivity contribution < 1.29 is 22.7 Å². The molecule has 1 aliphatic heterocycles. The second-order valence-electron chi connectivity index (χ2n) is 5.22. The monoisotopic (exact) mass is 366 g/mol. The zero-order valence-corrected chi connectivity index (χ0v) is 13.9. The van der Waals surface area contributed by atoms with E-state index in [9.17, 15) is 13.4 Å². The van der Waals surface area contributed by atoms with Gasteiger partial charge in [-0.2, -0.15) is 0 Å². The minimum atomic E-state index is -1.93. The Morgan fingerprint density at radius 3 is 2.54 bits per heavy atom. The summed E-state index contributed by atoms with van der Waals surface area (Å²) < 4.78 is 39.0. The minimum Gasteiger partial charge on any atom is -0.457 e. The van der Waals surface area contributed by atoms with Gasteiger partial charge in [0.1, 0.15) is 12.4 Å². The van der Waals surface area contributed by atoms with Crippen molar-refractivity contribution in [1.29, 1.82) is 0 Å². The van der Waals surface area contributed by atoms with E-state index in [-0.39, 0.29) is 28.5 Å². The summed E-state index contributed by atoms with van der Waals surface area (Å²) in [6.45, 7) is 0.0432. The third-order valence-corrected chi connectivity index (χ3v) is 4.46. The number of halogens is 2. The number of esters is 1. The molecule has 1 heterocycles. The first-order valence-corrected chi connectivity index (χ1v) is 8.63. The Morgan fingerprint density at radius 1 is 1.21 bits per heavy atom. The second kappa shape index (κ2) is 6.84. The van der Waals surface area contributed by atoms with Crippen molar-refractivity contribution in [2.45, 2.75) is 5.75 Å². The van der Waals surface area contributed by atoms with E-state index in [1.807, 2.05) is 0 Å². The highest BCUT2D eigenvalue weighted by molar-refractivity contribution is 7.78. The molecule has 0 saturated carbocycles. The molecule has 0 aliphatic carbocycles. The molecule has 0 spiro atoms. The van der Waals surface area contributed by atoms with Crippen LogP contribution in [0.1, 0.15) is 16.7 Å². The Morgan fingerprint density at radius 2 is 1.92 bits per heavy atom. The normalized spacial score (nSPS) is 15.5. The van der Waals surface area contributed by atoms with Crippen molar-refractivity contribution in [3.63, 3.8) is 0 Å². The molecule has 124 valence electrons. The summed E-state index contributed by atoms with van der Waals surface area (Å²) in [5, 5.41) is 0.242.